The average Bonchev–Trinajstić information content (AvgIpc) is 2.30. The highest BCUT2D eigenvalue weighted by Gasteiger charge is 2.12. The van der Waals surface area contributed by atoms with Gasteiger partial charge in [-0.1, -0.05) is 6.92 Å². The van der Waals surface area contributed by atoms with E-state index in [0.717, 1.165) is 12.2 Å². The van der Waals surface area contributed by atoms with Gasteiger partial charge in [0.05, 0.1) is 6.54 Å². The second kappa shape index (κ2) is 6.23. The van der Waals surface area contributed by atoms with Crippen molar-refractivity contribution in [2.75, 3.05) is 24.5 Å². The molecular weight excluding hydrogens is 207 g/mol. The van der Waals surface area contributed by atoms with Gasteiger partial charge in [-0.25, -0.2) is 4.39 Å². The Morgan fingerprint density at radius 2 is 1.94 bits per heavy atom. The highest BCUT2D eigenvalue weighted by Crippen LogP contribution is 2.14. The summed E-state index contributed by atoms with van der Waals surface area (Å²) in [6, 6.07) is 5.95. The van der Waals surface area contributed by atoms with E-state index in [1.807, 2.05) is 13.8 Å². The molecule has 0 radical (unpaired) electrons. The third kappa shape index (κ3) is 3.31. The molecule has 1 N–H and O–H groups in total. The first kappa shape index (κ1) is 12.6. The van der Waals surface area contributed by atoms with Crippen molar-refractivity contribution in [3.05, 3.63) is 30.1 Å². The van der Waals surface area contributed by atoms with Crippen LogP contribution in [0.15, 0.2) is 24.3 Å². The molecular formula is C12H17FN2O. The molecule has 1 rings (SSSR count). The predicted octanol–water partition coefficient (Wildman–Crippen LogP) is 1.79. The number of nitrogens with zero attached hydrogens (tertiary/aromatic N) is 1. The van der Waals surface area contributed by atoms with Gasteiger partial charge in [0.2, 0.25) is 5.91 Å². The lowest BCUT2D eigenvalue weighted by molar-refractivity contribution is -0.117. The molecule has 0 spiro atoms. The molecule has 3 nitrogen and oxygen atoms in total. The van der Waals surface area contributed by atoms with Gasteiger partial charge in [-0.15, -0.1) is 0 Å². The topological polar surface area (TPSA) is 32.3 Å². The van der Waals surface area contributed by atoms with Crippen LogP contribution in [0.5, 0.6) is 0 Å². The maximum Gasteiger partial charge on any atom is 0.240 e. The Kier molecular flexibility index (Phi) is 4.92. The minimum absolute atomic E-state index is 0.00374. The van der Waals surface area contributed by atoms with Crippen LogP contribution in [0, 0.1) is 5.82 Å². The van der Waals surface area contributed by atoms with Crippen LogP contribution in [-0.4, -0.2) is 25.5 Å². The number of likely N-dealkylation sites (N-methyl/N-ethyl adjacent to an activating group) is 2. The summed E-state index contributed by atoms with van der Waals surface area (Å²) in [5.41, 5.74) is 0.729. The van der Waals surface area contributed by atoms with Crippen molar-refractivity contribution in [2.45, 2.75) is 13.8 Å². The molecule has 88 valence electrons. The number of nitrogens with one attached hydrogen (secondary N) is 1. The molecule has 0 fully saturated rings. The smallest absolute Gasteiger partial charge is 0.240 e. The molecule has 4 heteroatoms. The van der Waals surface area contributed by atoms with Crippen molar-refractivity contribution < 1.29 is 9.18 Å². The normalized spacial score (nSPS) is 10.2. The van der Waals surface area contributed by atoms with Gasteiger partial charge >= 0.3 is 0 Å². The van der Waals surface area contributed by atoms with E-state index in [2.05, 4.69) is 5.32 Å². The Morgan fingerprint density at radius 3 is 2.44 bits per heavy atom. The first-order valence-electron chi connectivity index (χ1n) is 5.45. The third-order valence-electron chi connectivity index (χ3n) is 2.28. The van der Waals surface area contributed by atoms with Crippen LogP contribution >= 0.6 is 0 Å². The molecule has 0 bridgehead atoms. The Balaban J connectivity index is 2.73. The fraction of sp³-hybridized carbons (Fsp3) is 0.417. The molecule has 0 saturated carbocycles. The van der Waals surface area contributed by atoms with Gasteiger partial charge in [0, 0.05) is 12.2 Å². The molecule has 0 saturated heterocycles. The van der Waals surface area contributed by atoms with Crippen LogP contribution in [0.1, 0.15) is 13.8 Å². The van der Waals surface area contributed by atoms with Gasteiger partial charge in [-0.3, -0.25) is 4.79 Å². The van der Waals surface area contributed by atoms with Crippen molar-refractivity contribution in [1.82, 2.24) is 5.32 Å². The fourth-order valence-corrected chi connectivity index (χ4v) is 1.45. The van der Waals surface area contributed by atoms with Crippen molar-refractivity contribution in [3.63, 3.8) is 0 Å². The second-order valence-electron chi connectivity index (χ2n) is 3.39. The maximum absolute atomic E-state index is 12.7. The number of halogens is 1. The number of rotatable bonds is 5. The molecule has 1 aromatic rings. The molecule has 0 aromatic heterocycles. The molecule has 0 atom stereocenters. The Bertz CT molecular complexity index is 337. The van der Waals surface area contributed by atoms with Crippen LogP contribution in [0.4, 0.5) is 10.1 Å². The number of anilines is 1. The van der Waals surface area contributed by atoms with Crippen molar-refractivity contribution in [1.29, 1.82) is 0 Å². The number of carbonyl (C=O) groups is 1. The second-order valence-corrected chi connectivity index (χ2v) is 3.39. The summed E-state index contributed by atoms with van der Waals surface area (Å²) in [6.07, 6.45) is 0. The molecule has 16 heavy (non-hydrogen) atoms. The predicted molar refractivity (Wildman–Crippen MR) is 63.0 cm³/mol. The van der Waals surface area contributed by atoms with Gasteiger partial charge in [0.25, 0.3) is 0 Å². The number of benzene rings is 1. The van der Waals surface area contributed by atoms with Crippen molar-refractivity contribution in [3.8, 4) is 0 Å². The van der Waals surface area contributed by atoms with Crippen LogP contribution in [0.2, 0.25) is 0 Å². The molecule has 0 aliphatic heterocycles. The number of hydrogen-bond acceptors (Lipinski definition) is 2. The number of hydrogen-bond donors (Lipinski definition) is 1. The fourth-order valence-electron chi connectivity index (χ4n) is 1.45. The number of carbonyl (C=O) groups excluding carboxylic acids is 1. The summed E-state index contributed by atoms with van der Waals surface area (Å²) in [4.78, 5) is 13.4. The summed E-state index contributed by atoms with van der Waals surface area (Å²) in [5, 5.41) is 2.98. The van der Waals surface area contributed by atoms with E-state index in [4.69, 9.17) is 0 Å². The molecule has 0 aliphatic rings. The van der Waals surface area contributed by atoms with Gasteiger partial charge in [0.1, 0.15) is 5.82 Å². The van der Waals surface area contributed by atoms with Gasteiger partial charge in [-0.05, 0) is 37.7 Å². The zero-order valence-electron chi connectivity index (χ0n) is 9.66. The number of amides is 1. The van der Waals surface area contributed by atoms with E-state index in [1.165, 1.54) is 12.1 Å². The average molecular weight is 224 g/mol. The van der Waals surface area contributed by atoms with E-state index in [1.54, 1.807) is 17.0 Å². The van der Waals surface area contributed by atoms with Crippen LogP contribution < -0.4 is 10.2 Å². The monoisotopic (exact) mass is 224 g/mol. The summed E-state index contributed by atoms with van der Waals surface area (Å²) >= 11 is 0. The summed E-state index contributed by atoms with van der Waals surface area (Å²) in [5.74, 6) is -0.296. The standard InChI is InChI=1S/C12H17FN2O/c1-3-14-9-12(16)15(4-2)11-7-5-10(13)6-8-11/h5-8,14H,3-4,9H2,1-2H3. The van der Waals surface area contributed by atoms with Crippen LogP contribution in [-0.2, 0) is 4.79 Å². The Morgan fingerprint density at radius 1 is 1.31 bits per heavy atom. The maximum atomic E-state index is 12.7. The highest BCUT2D eigenvalue weighted by molar-refractivity contribution is 5.94. The van der Waals surface area contributed by atoms with E-state index in [0.29, 0.717) is 13.1 Å². The van der Waals surface area contributed by atoms with Crippen molar-refractivity contribution in [2.24, 2.45) is 0 Å². The highest BCUT2D eigenvalue weighted by atomic mass is 19.1. The molecule has 0 heterocycles. The first-order valence-corrected chi connectivity index (χ1v) is 5.45. The van der Waals surface area contributed by atoms with Crippen LogP contribution in [0.25, 0.3) is 0 Å². The van der Waals surface area contributed by atoms with Crippen molar-refractivity contribution >= 4 is 11.6 Å². The van der Waals surface area contributed by atoms with E-state index in [-0.39, 0.29) is 11.7 Å². The Labute approximate surface area is 95.3 Å². The summed E-state index contributed by atoms with van der Waals surface area (Å²) < 4.78 is 12.7. The Hall–Kier alpha value is -1.42. The van der Waals surface area contributed by atoms with Gasteiger partial charge in [0.15, 0.2) is 0 Å². The minimum atomic E-state index is -0.293. The lowest BCUT2D eigenvalue weighted by Crippen LogP contribution is -2.38. The van der Waals surface area contributed by atoms with Crippen LogP contribution in [0.3, 0.4) is 0 Å². The third-order valence-corrected chi connectivity index (χ3v) is 2.28. The molecule has 1 aromatic carbocycles. The molecule has 0 unspecified atom stereocenters. The minimum Gasteiger partial charge on any atom is -0.312 e. The summed E-state index contributed by atoms with van der Waals surface area (Å²) in [6.45, 7) is 5.49. The van der Waals surface area contributed by atoms with E-state index < -0.39 is 0 Å². The lowest BCUT2D eigenvalue weighted by Gasteiger charge is -2.21. The molecule has 0 aliphatic carbocycles. The quantitative estimate of drug-likeness (QED) is 0.827. The zero-order valence-corrected chi connectivity index (χ0v) is 9.66. The van der Waals surface area contributed by atoms with E-state index in [9.17, 15) is 9.18 Å². The summed E-state index contributed by atoms with van der Waals surface area (Å²) in [7, 11) is 0. The van der Waals surface area contributed by atoms with E-state index >= 15 is 0 Å². The van der Waals surface area contributed by atoms with Gasteiger partial charge < -0.3 is 10.2 Å². The lowest BCUT2D eigenvalue weighted by atomic mass is 10.2. The largest absolute Gasteiger partial charge is 0.312 e. The zero-order chi connectivity index (χ0) is 12.0. The SMILES string of the molecule is CCNCC(=O)N(CC)c1ccc(F)cc1. The first-order chi connectivity index (χ1) is 7.69. The molecule has 1 amide bonds. The van der Waals surface area contributed by atoms with Gasteiger partial charge in [-0.2, -0.15) is 0 Å².